The van der Waals surface area contributed by atoms with E-state index in [1.165, 1.54) is 0 Å². The Hall–Kier alpha value is -0.120. The Balaban J connectivity index is 2.55. The van der Waals surface area contributed by atoms with Crippen LogP contribution < -0.4 is 0 Å². The molecule has 1 heterocycles. The lowest BCUT2D eigenvalue weighted by atomic mass is 9.82. The van der Waals surface area contributed by atoms with E-state index in [9.17, 15) is 5.11 Å². The fourth-order valence-corrected chi connectivity index (χ4v) is 2.45. The summed E-state index contributed by atoms with van der Waals surface area (Å²) in [4.78, 5) is 2.46. The molecule has 1 fully saturated rings. The molecule has 0 aromatic rings. The molecule has 0 aliphatic carbocycles. The summed E-state index contributed by atoms with van der Waals surface area (Å²) in [5.41, 5.74) is 0.0874. The summed E-state index contributed by atoms with van der Waals surface area (Å²) in [7, 11) is 0. The molecule has 1 aliphatic heterocycles. The summed E-state index contributed by atoms with van der Waals surface area (Å²) in [6, 6.07) is 0. The highest BCUT2D eigenvalue weighted by atomic mass is 16.5. The molecule has 96 valence electrons. The smallest absolute Gasteiger partial charge is 0.0673 e. The van der Waals surface area contributed by atoms with Crippen LogP contribution in [-0.2, 0) is 4.74 Å². The van der Waals surface area contributed by atoms with Crippen LogP contribution in [-0.4, -0.2) is 49.0 Å². The van der Waals surface area contributed by atoms with E-state index in [2.05, 4.69) is 25.7 Å². The van der Waals surface area contributed by atoms with Crippen LogP contribution in [0.1, 0.15) is 40.0 Å². The average molecular weight is 229 g/mol. The van der Waals surface area contributed by atoms with E-state index in [4.69, 9.17) is 4.74 Å². The number of rotatable bonds is 5. The van der Waals surface area contributed by atoms with Crippen molar-refractivity contribution >= 4 is 0 Å². The van der Waals surface area contributed by atoms with Gasteiger partial charge in [-0.1, -0.05) is 13.8 Å². The van der Waals surface area contributed by atoms with Gasteiger partial charge in [-0.2, -0.15) is 0 Å². The molecule has 1 N–H and O–H groups in total. The van der Waals surface area contributed by atoms with Crippen LogP contribution in [0.25, 0.3) is 0 Å². The lowest BCUT2D eigenvalue weighted by Gasteiger charge is -2.35. The Morgan fingerprint density at radius 1 is 1.38 bits per heavy atom. The SMILES string of the molecule is CCC(CC)(CO)CN1CCCOC(C)C1. The lowest BCUT2D eigenvalue weighted by molar-refractivity contribution is 0.0401. The molecule has 0 amide bonds. The zero-order valence-corrected chi connectivity index (χ0v) is 11.0. The monoisotopic (exact) mass is 229 g/mol. The first-order valence-corrected chi connectivity index (χ1v) is 6.60. The van der Waals surface area contributed by atoms with Gasteiger partial charge >= 0.3 is 0 Å². The van der Waals surface area contributed by atoms with Crippen molar-refractivity contribution in [1.29, 1.82) is 0 Å². The van der Waals surface area contributed by atoms with E-state index in [1.54, 1.807) is 0 Å². The van der Waals surface area contributed by atoms with E-state index in [1.807, 2.05) is 0 Å². The Morgan fingerprint density at radius 3 is 2.62 bits per heavy atom. The van der Waals surface area contributed by atoms with E-state index in [0.29, 0.717) is 12.7 Å². The fourth-order valence-electron chi connectivity index (χ4n) is 2.45. The predicted molar refractivity (Wildman–Crippen MR) is 66.6 cm³/mol. The average Bonchev–Trinajstić information content (AvgIpc) is 2.50. The van der Waals surface area contributed by atoms with Crippen molar-refractivity contribution in [2.45, 2.75) is 46.1 Å². The Labute approximate surface area is 99.8 Å². The molecule has 0 aromatic carbocycles. The zero-order chi connectivity index (χ0) is 12.0. The normalized spacial score (nSPS) is 24.4. The van der Waals surface area contributed by atoms with Crippen molar-refractivity contribution in [3.05, 3.63) is 0 Å². The minimum Gasteiger partial charge on any atom is -0.396 e. The molecule has 0 saturated carbocycles. The molecule has 1 unspecified atom stereocenters. The third-order valence-corrected chi connectivity index (χ3v) is 3.93. The van der Waals surface area contributed by atoms with Gasteiger partial charge in [0, 0.05) is 38.3 Å². The summed E-state index contributed by atoms with van der Waals surface area (Å²) in [6.45, 7) is 10.8. The van der Waals surface area contributed by atoms with Crippen LogP contribution in [0.15, 0.2) is 0 Å². The molecule has 1 aliphatic rings. The van der Waals surface area contributed by atoms with Gasteiger partial charge in [-0.15, -0.1) is 0 Å². The first-order valence-electron chi connectivity index (χ1n) is 6.60. The van der Waals surface area contributed by atoms with Crippen molar-refractivity contribution in [1.82, 2.24) is 4.90 Å². The topological polar surface area (TPSA) is 32.7 Å². The van der Waals surface area contributed by atoms with E-state index in [-0.39, 0.29) is 5.41 Å². The number of nitrogens with zero attached hydrogens (tertiary/aromatic N) is 1. The van der Waals surface area contributed by atoms with Crippen molar-refractivity contribution in [2.75, 3.05) is 32.8 Å². The number of hydrogen-bond donors (Lipinski definition) is 1. The molecule has 0 spiro atoms. The number of aliphatic hydroxyl groups is 1. The van der Waals surface area contributed by atoms with Crippen LogP contribution in [0.5, 0.6) is 0 Å². The predicted octanol–water partition coefficient (Wildman–Crippen LogP) is 1.90. The van der Waals surface area contributed by atoms with Crippen LogP contribution in [0, 0.1) is 5.41 Å². The van der Waals surface area contributed by atoms with Crippen LogP contribution in [0.3, 0.4) is 0 Å². The molecule has 0 bridgehead atoms. The van der Waals surface area contributed by atoms with Gasteiger partial charge in [0.1, 0.15) is 0 Å². The first-order chi connectivity index (χ1) is 7.65. The van der Waals surface area contributed by atoms with Gasteiger partial charge in [0.2, 0.25) is 0 Å². The molecule has 0 aromatic heterocycles. The van der Waals surface area contributed by atoms with Gasteiger partial charge in [0.15, 0.2) is 0 Å². The van der Waals surface area contributed by atoms with Crippen LogP contribution in [0.2, 0.25) is 0 Å². The molecule has 3 heteroatoms. The van der Waals surface area contributed by atoms with Crippen LogP contribution in [0.4, 0.5) is 0 Å². The van der Waals surface area contributed by atoms with E-state index >= 15 is 0 Å². The largest absolute Gasteiger partial charge is 0.396 e. The molecule has 1 atom stereocenters. The summed E-state index contributed by atoms with van der Waals surface area (Å²) in [5.74, 6) is 0. The summed E-state index contributed by atoms with van der Waals surface area (Å²) in [6.07, 6.45) is 3.53. The van der Waals surface area contributed by atoms with Crippen LogP contribution >= 0.6 is 0 Å². The highest BCUT2D eigenvalue weighted by Crippen LogP contribution is 2.27. The standard InChI is InChI=1S/C13H27NO2/c1-4-13(5-2,11-15)10-14-7-6-8-16-12(3)9-14/h12,15H,4-11H2,1-3H3. The number of aliphatic hydroxyl groups excluding tert-OH is 1. The summed E-state index contributed by atoms with van der Waals surface area (Å²) in [5, 5.41) is 9.59. The molecule has 1 rings (SSSR count). The maximum absolute atomic E-state index is 9.59. The lowest BCUT2D eigenvalue weighted by Crippen LogP contribution is -2.42. The maximum Gasteiger partial charge on any atom is 0.0673 e. The first kappa shape index (κ1) is 13.9. The number of ether oxygens (including phenoxy) is 1. The minimum atomic E-state index is 0.0874. The van der Waals surface area contributed by atoms with Crippen molar-refractivity contribution < 1.29 is 9.84 Å². The van der Waals surface area contributed by atoms with Crippen molar-refractivity contribution in [2.24, 2.45) is 5.41 Å². The van der Waals surface area contributed by atoms with E-state index in [0.717, 1.165) is 45.5 Å². The van der Waals surface area contributed by atoms with Crippen molar-refractivity contribution in [3.63, 3.8) is 0 Å². The Kier molecular flexibility index (Phi) is 5.73. The van der Waals surface area contributed by atoms with Gasteiger partial charge in [0.25, 0.3) is 0 Å². The van der Waals surface area contributed by atoms with Gasteiger partial charge < -0.3 is 14.7 Å². The third kappa shape index (κ3) is 3.72. The fraction of sp³-hybridized carbons (Fsp3) is 1.00. The zero-order valence-electron chi connectivity index (χ0n) is 11.0. The van der Waals surface area contributed by atoms with Gasteiger partial charge in [0.05, 0.1) is 6.10 Å². The molecule has 1 saturated heterocycles. The van der Waals surface area contributed by atoms with E-state index < -0.39 is 0 Å². The third-order valence-electron chi connectivity index (χ3n) is 3.93. The van der Waals surface area contributed by atoms with Gasteiger partial charge in [-0.3, -0.25) is 0 Å². The van der Waals surface area contributed by atoms with Gasteiger partial charge in [-0.05, 0) is 26.2 Å². The summed E-state index contributed by atoms with van der Waals surface area (Å²) >= 11 is 0. The summed E-state index contributed by atoms with van der Waals surface area (Å²) < 4.78 is 5.64. The Bertz CT molecular complexity index is 184. The minimum absolute atomic E-state index is 0.0874. The molecule has 0 radical (unpaired) electrons. The second-order valence-corrected chi connectivity index (χ2v) is 5.14. The quantitative estimate of drug-likeness (QED) is 0.781. The molecule has 16 heavy (non-hydrogen) atoms. The molecular weight excluding hydrogens is 202 g/mol. The number of hydrogen-bond acceptors (Lipinski definition) is 3. The molecule has 3 nitrogen and oxygen atoms in total. The van der Waals surface area contributed by atoms with Gasteiger partial charge in [-0.25, -0.2) is 0 Å². The second-order valence-electron chi connectivity index (χ2n) is 5.14. The maximum atomic E-state index is 9.59. The highest BCUT2D eigenvalue weighted by Gasteiger charge is 2.29. The Morgan fingerprint density at radius 2 is 2.06 bits per heavy atom. The molecular formula is C13H27NO2. The van der Waals surface area contributed by atoms with Crippen molar-refractivity contribution in [3.8, 4) is 0 Å². The highest BCUT2D eigenvalue weighted by molar-refractivity contribution is 4.81. The second kappa shape index (κ2) is 6.58.